The Bertz CT molecular complexity index is 821. The highest BCUT2D eigenvalue weighted by Crippen LogP contribution is 2.27. The van der Waals surface area contributed by atoms with Gasteiger partial charge in [-0.25, -0.2) is 4.98 Å². The van der Waals surface area contributed by atoms with Gasteiger partial charge in [-0.3, -0.25) is 10.1 Å². The van der Waals surface area contributed by atoms with Gasteiger partial charge in [-0.1, -0.05) is 13.3 Å². The summed E-state index contributed by atoms with van der Waals surface area (Å²) in [4.78, 5) is 24.8. The van der Waals surface area contributed by atoms with Crippen molar-refractivity contribution >= 4 is 23.1 Å². The number of hydrogen-bond donors (Lipinski definition) is 2. The van der Waals surface area contributed by atoms with Crippen LogP contribution in [-0.4, -0.2) is 57.6 Å². The van der Waals surface area contributed by atoms with Gasteiger partial charge in [0.1, 0.15) is 12.1 Å². The maximum Gasteiger partial charge on any atom is 0.322 e. The highest BCUT2D eigenvalue weighted by molar-refractivity contribution is 5.77. The summed E-state index contributed by atoms with van der Waals surface area (Å²) in [7, 11) is 0. The van der Waals surface area contributed by atoms with Crippen molar-refractivity contribution in [3.63, 3.8) is 0 Å². The number of nitrogens with two attached hydrogens (primary N) is 1. The van der Waals surface area contributed by atoms with E-state index in [1.54, 1.807) is 13.3 Å². The van der Waals surface area contributed by atoms with Crippen LogP contribution in [0.25, 0.3) is 11.2 Å². The summed E-state index contributed by atoms with van der Waals surface area (Å²) in [5, 5.41) is 3.00. The molecule has 0 saturated heterocycles. The molecule has 3 rings (SSSR count). The van der Waals surface area contributed by atoms with E-state index >= 15 is 0 Å². The van der Waals surface area contributed by atoms with Crippen LogP contribution in [0.4, 0.5) is 5.95 Å². The third-order valence-corrected chi connectivity index (χ3v) is 5.09. The minimum absolute atomic E-state index is 0.162. The number of fused-ring (bicyclic) bond motifs is 1. The highest BCUT2D eigenvalue weighted by Gasteiger charge is 2.21. The van der Waals surface area contributed by atoms with Crippen LogP contribution < -0.4 is 15.8 Å². The summed E-state index contributed by atoms with van der Waals surface area (Å²) < 4.78 is 18.6. The lowest BCUT2D eigenvalue weighted by molar-refractivity contribution is -0.146. The third-order valence-electron chi connectivity index (χ3n) is 5.09. The molecule has 0 aromatic carbocycles. The smallest absolute Gasteiger partial charge is 0.322 e. The molecular formula is C20H32N6O4. The van der Waals surface area contributed by atoms with Crippen LogP contribution in [0.15, 0.2) is 6.33 Å². The largest absolute Gasteiger partial charge is 0.473 e. The lowest BCUT2D eigenvalue weighted by atomic mass is 10.3. The highest BCUT2D eigenvalue weighted by atomic mass is 16.5. The molecule has 30 heavy (non-hydrogen) atoms. The number of rotatable bonds is 12. The number of carbonyl (C=O) groups excluding carboxylic acids is 1. The number of hydrogen-bond acceptors (Lipinski definition) is 9. The molecule has 1 aliphatic rings. The Balaban J connectivity index is 1.47. The van der Waals surface area contributed by atoms with Gasteiger partial charge in [-0.05, 0) is 39.0 Å². The number of anilines is 1. The number of carbonyl (C=O) groups is 1. The Labute approximate surface area is 176 Å². The SMILES string of the molecule is CCCCOC(=O)[C@H](C)NCOCCn1cnc2c(OC3CCCC3)nc(N)nc21. The molecule has 0 spiro atoms. The number of nitrogens with one attached hydrogen (secondary N) is 1. The summed E-state index contributed by atoms with van der Waals surface area (Å²) in [6.07, 6.45) is 8.10. The van der Waals surface area contributed by atoms with E-state index in [1.807, 2.05) is 4.57 Å². The molecule has 2 aromatic heterocycles. The summed E-state index contributed by atoms with van der Waals surface area (Å²) in [6.45, 7) is 5.45. The molecule has 2 aromatic rings. The van der Waals surface area contributed by atoms with E-state index in [2.05, 4.69) is 27.2 Å². The van der Waals surface area contributed by atoms with Crippen LogP contribution in [0.3, 0.4) is 0 Å². The molecule has 0 amide bonds. The quantitative estimate of drug-likeness (QED) is 0.301. The van der Waals surface area contributed by atoms with Gasteiger partial charge in [-0.15, -0.1) is 0 Å². The minimum Gasteiger partial charge on any atom is -0.473 e. The maximum absolute atomic E-state index is 11.8. The van der Waals surface area contributed by atoms with Crippen molar-refractivity contribution in [2.24, 2.45) is 0 Å². The van der Waals surface area contributed by atoms with Crippen molar-refractivity contribution in [2.75, 3.05) is 25.7 Å². The average Bonchev–Trinajstić information content (AvgIpc) is 3.38. The van der Waals surface area contributed by atoms with Crippen molar-refractivity contribution in [1.29, 1.82) is 0 Å². The zero-order valence-electron chi connectivity index (χ0n) is 17.8. The van der Waals surface area contributed by atoms with E-state index < -0.39 is 6.04 Å². The van der Waals surface area contributed by atoms with Gasteiger partial charge in [0, 0.05) is 6.54 Å². The predicted molar refractivity (Wildman–Crippen MR) is 112 cm³/mol. The second-order valence-electron chi connectivity index (χ2n) is 7.52. The number of nitrogens with zero attached hydrogens (tertiary/aromatic N) is 4. The van der Waals surface area contributed by atoms with Gasteiger partial charge < -0.3 is 24.5 Å². The van der Waals surface area contributed by atoms with Gasteiger partial charge in [0.25, 0.3) is 0 Å². The second-order valence-corrected chi connectivity index (χ2v) is 7.52. The van der Waals surface area contributed by atoms with E-state index in [0.29, 0.717) is 36.8 Å². The Morgan fingerprint density at radius 1 is 1.33 bits per heavy atom. The van der Waals surface area contributed by atoms with Crippen molar-refractivity contribution < 1.29 is 19.0 Å². The van der Waals surface area contributed by atoms with E-state index in [-0.39, 0.29) is 24.8 Å². The first-order chi connectivity index (χ1) is 14.6. The Morgan fingerprint density at radius 3 is 2.90 bits per heavy atom. The Hall–Kier alpha value is -2.46. The lowest BCUT2D eigenvalue weighted by Gasteiger charge is -2.14. The van der Waals surface area contributed by atoms with Crippen LogP contribution in [0.5, 0.6) is 5.88 Å². The number of imidazole rings is 1. The van der Waals surface area contributed by atoms with Gasteiger partial charge >= 0.3 is 5.97 Å². The Kier molecular flexibility index (Phi) is 8.21. The molecule has 1 saturated carbocycles. The number of esters is 1. The molecule has 0 aliphatic heterocycles. The molecule has 10 heteroatoms. The van der Waals surface area contributed by atoms with Crippen molar-refractivity contribution in [3.05, 3.63) is 6.33 Å². The van der Waals surface area contributed by atoms with E-state index in [4.69, 9.17) is 19.9 Å². The first-order valence-electron chi connectivity index (χ1n) is 10.7. The molecule has 3 N–H and O–H groups in total. The van der Waals surface area contributed by atoms with Crippen LogP contribution >= 0.6 is 0 Å². The normalized spacial score (nSPS) is 15.5. The molecule has 2 heterocycles. The first-order valence-corrected chi connectivity index (χ1v) is 10.7. The van der Waals surface area contributed by atoms with Crippen LogP contribution in [0.1, 0.15) is 52.4 Å². The monoisotopic (exact) mass is 420 g/mol. The molecule has 10 nitrogen and oxygen atoms in total. The molecule has 0 bridgehead atoms. The molecular weight excluding hydrogens is 388 g/mol. The fraction of sp³-hybridized carbons (Fsp3) is 0.700. The number of aromatic nitrogens is 4. The summed E-state index contributed by atoms with van der Waals surface area (Å²) >= 11 is 0. The maximum atomic E-state index is 11.8. The third kappa shape index (κ3) is 6.02. The fourth-order valence-corrected chi connectivity index (χ4v) is 3.29. The van der Waals surface area contributed by atoms with Crippen LogP contribution in [0.2, 0.25) is 0 Å². The molecule has 1 aliphatic carbocycles. The number of nitrogen functional groups attached to an aromatic ring is 1. The molecule has 1 atom stereocenters. The first kappa shape index (κ1) is 22.2. The zero-order chi connectivity index (χ0) is 21.3. The van der Waals surface area contributed by atoms with Crippen molar-refractivity contribution in [1.82, 2.24) is 24.8 Å². The average molecular weight is 421 g/mol. The molecule has 0 unspecified atom stereocenters. The molecule has 0 radical (unpaired) electrons. The van der Waals surface area contributed by atoms with Gasteiger partial charge in [0.05, 0.1) is 26.3 Å². The van der Waals surface area contributed by atoms with E-state index in [0.717, 1.165) is 25.7 Å². The number of unbranched alkanes of at least 4 members (excludes halogenated alkanes) is 1. The minimum atomic E-state index is -0.418. The van der Waals surface area contributed by atoms with Crippen molar-refractivity contribution in [2.45, 2.75) is 71.1 Å². The lowest BCUT2D eigenvalue weighted by Crippen LogP contribution is -2.37. The number of ether oxygens (including phenoxy) is 3. The zero-order valence-corrected chi connectivity index (χ0v) is 17.8. The van der Waals surface area contributed by atoms with E-state index in [9.17, 15) is 4.79 Å². The van der Waals surface area contributed by atoms with Crippen molar-refractivity contribution in [3.8, 4) is 5.88 Å². The van der Waals surface area contributed by atoms with Crippen LogP contribution in [0, 0.1) is 0 Å². The summed E-state index contributed by atoms with van der Waals surface area (Å²) in [6, 6.07) is -0.418. The van der Waals surface area contributed by atoms with Gasteiger partial charge in [-0.2, -0.15) is 9.97 Å². The Morgan fingerprint density at radius 2 is 2.13 bits per heavy atom. The summed E-state index contributed by atoms with van der Waals surface area (Å²) in [5.74, 6) is 0.339. The predicted octanol–water partition coefficient (Wildman–Crippen LogP) is 2.03. The second kappa shape index (κ2) is 11.1. The standard InChI is InChI=1S/C20H32N6O4/c1-3-4-10-29-19(27)14(2)23-13-28-11-9-26-12-22-16-17(26)24-20(21)25-18(16)30-15-7-5-6-8-15/h12,14-15,23H,3-11,13H2,1-2H3,(H2,21,24,25)/t14-/m0/s1. The summed E-state index contributed by atoms with van der Waals surface area (Å²) in [5.41, 5.74) is 7.11. The van der Waals surface area contributed by atoms with Crippen LogP contribution in [-0.2, 0) is 20.8 Å². The van der Waals surface area contributed by atoms with Gasteiger partial charge in [0.2, 0.25) is 11.8 Å². The fourth-order valence-electron chi connectivity index (χ4n) is 3.29. The topological polar surface area (TPSA) is 126 Å². The molecule has 1 fully saturated rings. The van der Waals surface area contributed by atoms with Gasteiger partial charge in [0.15, 0.2) is 11.2 Å². The van der Waals surface area contributed by atoms with E-state index in [1.165, 1.54) is 12.8 Å². The molecule has 166 valence electrons.